The minimum Gasteiger partial charge on any atom is -0.491 e. The normalized spacial score (nSPS) is 10.8. The Morgan fingerprint density at radius 1 is 1.47 bits per heavy atom. The van der Waals surface area contributed by atoms with E-state index in [4.69, 9.17) is 9.84 Å². The van der Waals surface area contributed by atoms with Crippen molar-refractivity contribution in [2.75, 3.05) is 6.61 Å². The summed E-state index contributed by atoms with van der Waals surface area (Å²) in [6.07, 6.45) is 3.24. The molecule has 1 rings (SSSR count). The fraction of sp³-hybridized carbons (Fsp3) is 0.462. The van der Waals surface area contributed by atoms with Gasteiger partial charge in [0.2, 0.25) is 5.91 Å². The summed E-state index contributed by atoms with van der Waals surface area (Å²) in [6, 6.07) is 3.49. The van der Waals surface area contributed by atoms with Crippen molar-refractivity contribution in [3.8, 4) is 5.75 Å². The molecule has 6 heteroatoms. The van der Waals surface area contributed by atoms with Crippen LogP contribution in [0.25, 0.3) is 0 Å². The number of carboxylic acid groups (broad SMARTS) is 1. The molecule has 1 amide bonds. The van der Waals surface area contributed by atoms with E-state index in [-0.39, 0.29) is 25.4 Å². The van der Waals surface area contributed by atoms with Gasteiger partial charge in [-0.05, 0) is 26.0 Å². The van der Waals surface area contributed by atoms with E-state index < -0.39 is 11.5 Å². The Balaban J connectivity index is 2.30. The fourth-order valence-corrected chi connectivity index (χ4v) is 1.56. The van der Waals surface area contributed by atoms with Gasteiger partial charge >= 0.3 is 5.97 Å². The largest absolute Gasteiger partial charge is 0.491 e. The zero-order valence-corrected chi connectivity index (χ0v) is 11.0. The van der Waals surface area contributed by atoms with Crippen LogP contribution in [0.3, 0.4) is 0 Å². The van der Waals surface area contributed by atoms with Gasteiger partial charge in [0, 0.05) is 11.7 Å². The molecule has 1 aromatic heterocycles. The summed E-state index contributed by atoms with van der Waals surface area (Å²) in [7, 11) is 0. The van der Waals surface area contributed by atoms with Crippen LogP contribution in [0.4, 0.5) is 0 Å². The van der Waals surface area contributed by atoms with E-state index in [0.717, 1.165) is 0 Å². The molecule has 0 aliphatic rings. The first-order valence-electron chi connectivity index (χ1n) is 5.95. The van der Waals surface area contributed by atoms with Gasteiger partial charge in [0.25, 0.3) is 0 Å². The second kappa shape index (κ2) is 6.72. The zero-order valence-electron chi connectivity index (χ0n) is 11.0. The summed E-state index contributed by atoms with van der Waals surface area (Å²) in [5, 5.41) is 11.4. The molecular formula is C13H18N2O4. The van der Waals surface area contributed by atoms with E-state index in [0.29, 0.717) is 5.75 Å². The third-order valence-electron chi connectivity index (χ3n) is 2.30. The average Bonchev–Trinajstić information content (AvgIpc) is 2.27. The van der Waals surface area contributed by atoms with Crippen LogP contribution in [-0.4, -0.2) is 34.1 Å². The lowest BCUT2D eigenvalue weighted by Crippen LogP contribution is -2.45. The topological polar surface area (TPSA) is 88.5 Å². The molecule has 0 saturated heterocycles. The monoisotopic (exact) mass is 266 g/mol. The number of carbonyl (C=O) groups excluding carboxylic acids is 1. The number of ether oxygens (including phenoxy) is 1. The average molecular weight is 266 g/mol. The Hall–Kier alpha value is -2.11. The molecule has 1 aromatic rings. The van der Waals surface area contributed by atoms with Crippen LogP contribution < -0.4 is 10.1 Å². The first-order valence-corrected chi connectivity index (χ1v) is 5.95. The van der Waals surface area contributed by atoms with Crippen molar-refractivity contribution in [2.24, 2.45) is 0 Å². The standard InChI is InChI=1S/C13H18N2O4/c1-13(2,8-12(17)18)15-11(16)5-7-19-10-4-3-6-14-9-10/h3-4,6,9H,5,7-8H2,1-2H3,(H,15,16)(H,17,18). The second-order valence-corrected chi connectivity index (χ2v) is 4.79. The molecule has 0 radical (unpaired) electrons. The van der Waals surface area contributed by atoms with Gasteiger partial charge in [-0.2, -0.15) is 0 Å². The van der Waals surface area contributed by atoms with E-state index in [2.05, 4.69) is 10.3 Å². The predicted molar refractivity (Wildman–Crippen MR) is 68.8 cm³/mol. The first-order chi connectivity index (χ1) is 8.89. The second-order valence-electron chi connectivity index (χ2n) is 4.79. The molecule has 2 N–H and O–H groups in total. The van der Waals surface area contributed by atoms with Crippen LogP contribution in [0, 0.1) is 0 Å². The maximum atomic E-state index is 11.6. The number of hydrogen-bond acceptors (Lipinski definition) is 4. The minimum absolute atomic E-state index is 0.123. The summed E-state index contributed by atoms with van der Waals surface area (Å²) in [6.45, 7) is 3.56. The van der Waals surface area contributed by atoms with Gasteiger partial charge in [-0.1, -0.05) is 0 Å². The molecule has 0 bridgehead atoms. The maximum absolute atomic E-state index is 11.6. The third-order valence-corrected chi connectivity index (χ3v) is 2.30. The van der Waals surface area contributed by atoms with E-state index in [9.17, 15) is 9.59 Å². The quantitative estimate of drug-likeness (QED) is 0.774. The van der Waals surface area contributed by atoms with Crippen LogP contribution in [0.2, 0.25) is 0 Å². The summed E-state index contributed by atoms with van der Waals surface area (Å²) in [4.78, 5) is 26.1. The van der Waals surface area contributed by atoms with Crippen molar-refractivity contribution in [2.45, 2.75) is 32.2 Å². The smallest absolute Gasteiger partial charge is 0.305 e. The van der Waals surface area contributed by atoms with Gasteiger partial charge in [0.15, 0.2) is 0 Å². The van der Waals surface area contributed by atoms with Crippen LogP contribution in [-0.2, 0) is 9.59 Å². The number of carboxylic acids is 1. The van der Waals surface area contributed by atoms with E-state index >= 15 is 0 Å². The van der Waals surface area contributed by atoms with Crippen molar-refractivity contribution >= 4 is 11.9 Å². The lowest BCUT2D eigenvalue weighted by molar-refractivity contribution is -0.138. The summed E-state index contributed by atoms with van der Waals surface area (Å²) >= 11 is 0. The number of rotatable bonds is 7. The molecule has 0 fully saturated rings. The molecule has 0 unspecified atom stereocenters. The Morgan fingerprint density at radius 3 is 2.79 bits per heavy atom. The molecule has 6 nitrogen and oxygen atoms in total. The number of nitrogens with zero attached hydrogens (tertiary/aromatic N) is 1. The summed E-state index contributed by atoms with van der Waals surface area (Å²) < 4.78 is 5.33. The van der Waals surface area contributed by atoms with Gasteiger partial charge in [-0.3, -0.25) is 14.6 Å². The number of nitrogens with one attached hydrogen (secondary N) is 1. The van der Waals surface area contributed by atoms with Gasteiger partial charge in [0.05, 0.1) is 25.6 Å². The molecule has 0 saturated carbocycles. The molecule has 0 aliphatic carbocycles. The Morgan fingerprint density at radius 2 is 2.21 bits per heavy atom. The Bertz CT molecular complexity index is 432. The van der Waals surface area contributed by atoms with Crippen LogP contribution >= 0.6 is 0 Å². The first kappa shape index (κ1) is 14.9. The van der Waals surface area contributed by atoms with Gasteiger partial charge in [-0.15, -0.1) is 0 Å². The molecule has 19 heavy (non-hydrogen) atoms. The maximum Gasteiger partial charge on any atom is 0.305 e. The number of hydrogen-bond donors (Lipinski definition) is 2. The van der Waals surface area contributed by atoms with Gasteiger partial charge < -0.3 is 15.2 Å². The summed E-state index contributed by atoms with van der Waals surface area (Å²) in [5.74, 6) is -0.591. The molecule has 0 spiro atoms. The molecule has 1 heterocycles. The van der Waals surface area contributed by atoms with Crippen molar-refractivity contribution in [3.05, 3.63) is 24.5 Å². The molecule has 104 valence electrons. The number of carbonyl (C=O) groups is 2. The molecule has 0 aliphatic heterocycles. The van der Waals surface area contributed by atoms with Crippen molar-refractivity contribution < 1.29 is 19.4 Å². The summed E-state index contributed by atoms with van der Waals surface area (Å²) in [5.41, 5.74) is -0.767. The van der Waals surface area contributed by atoms with Crippen LogP contribution in [0.1, 0.15) is 26.7 Å². The van der Waals surface area contributed by atoms with Gasteiger partial charge in [0.1, 0.15) is 5.75 Å². The molecular weight excluding hydrogens is 248 g/mol. The van der Waals surface area contributed by atoms with Crippen LogP contribution in [0.15, 0.2) is 24.5 Å². The highest BCUT2D eigenvalue weighted by Gasteiger charge is 2.23. The van der Waals surface area contributed by atoms with Crippen molar-refractivity contribution in [3.63, 3.8) is 0 Å². The number of aromatic nitrogens is 1. The predicted octanol–water partition coefficient (Wildman–Crippen LogP) is 1.22. The zero-order chi connectivity index (χ0) is 14.3. The van der Waals surface area contributed by atoms with Gasteiger partial charge in [-0.25, -0.2) is 0 Å². The highest BCUT2D eigenvalue weighted by atomic mass is 16.5. The van der Waals surface area contributed by atoms with E-state index in [1.54, 1.807) is 38.4 Å². The third kappa shape index (κ3) is 6.40. The van der Waals surface area contributed by atoms with E-state index in [1.807, 2.05) is 0 Å². The lowest BCUT2D eigenvalue weighted by atomic mass is 10.0. The number of amides is 1. The Labute approximate surface area is 111 Å². The molecule has 0 aromatic carbocycles. The highest BCUT2D eigenvalue weighted by Crippen LogP contribution is 2.09. The lowest BCUT2D eigenvalue weighted by Gasteiger charge is -2.24. The fourth-order valence-electron chi connectivity index (χ4n) is 1.56. The number of aliphatic carboxylic acids is 1. The van der Waals surface area contributed by atoms with E-state index in [1.165, 1.54) is 0 Å². The number of pyridine rings is 1. The minimum atomic E-state index is -0.947. The van der Waals surface area contributed by atoms with Crippen LogP contribution in [0.5, 0.6) is 5.75 Å². The Kier molecular flexibility index (Phi) is 5.29. The molecule has 0 atom stereocenters. The van der Waals surface area contributed by atoms with Crippen molar-refractivity contribution in [1.29, 1.82) is 0 Å². The SMILES string of the molecule is CC(C)(CC(=O)O)NC(=O)CCOc1cccnc1. The van der Waals surface area contributed by atoms with Crippen molar-refractivity contribution in [1.82, 2.24) is 10.3 Å². The highest BCUT2D eigenvalue weighted by molar-refractivity contribution is 5.78.